The Morgan fingerprint density at radius 1 is 0.800 bits per heavy atom. The van der Waals surface area contributed by atoms with Gasteiger partial charge in [0.25, 0.3) is 0 Å². The van der Waals surface area contributed by atoms with Crippen molar-refractivity contribution in [2.45, 2.75) is 22.0 Å². The van der Waals surface area contributed by atoms with Gasteiger partial charge in [-0.25, -0.2) is 0 Å². The zero-order valence-electron chi connectivity index (χ0n) is 16.8. The highest BCUT2D eigenvalue weighted by molar-refractivity contribution is 6.68. The Balaban J connectivity index is 2.40. The molecule has 0 amide bonds. The van der Waals surface area contributed by atoms with Crippen LogP contribution < -0.4 is 18.9 Å². The molecule has 162 valence electrons. The molecule has 0 heterocycles. The van der Waals surface area contributed by atoms with Gasteiger partial charge < -0.3 is 24.1 Å². The van der Waals surface area contributed by atoms with E-state index in [0.717, 1.165) is 0 Å². The standard InChI is InChI=1S/C21H21Cl3O6/c1-27-15-5-10-12(9-19(25)26)11-6-16(28-2)18(30-4)8-14(11)20(21(22,23)24)13(10)7-17(15)29-3/h5-8,12,20H,9H2,1-4H3,(H,25,26). The summed E-state index contributed by atoms with van der Waals surface area (Å²) in [6.07, 6.45) is -0.169. The number of hydrogen-bond donors (Lipinski definition) is 1. The van der Waals surface area contributed by atoms with Crippen molar-refractivity contribution >= 4 is 40.8 Å². The van der Waals surface area contributed by atoms with Crippen LogP contribution in [-0.4, -0.2) is 43.3 Å². The fourth-order valence-electron chi connectivity index (χ4n) is 4.01. The van der Waals surface area contributed by atoms with Crippen molar-refractivity contribution in [2.24, 2.45) is 0 Å². The molecule has 2 aromatic carbocycles. The molecule has 0 atom stereocenters. The lowest BCUT2D eigenvalue weighted by Gasteiger charge is -2.38. The predicted molar refractivity (Wildman–Crippen MR) is 115 cm³/mol. The molecule has 0 bridgehead atoms. The van der Waals surface area contributed by atoms with Crippen molar-refractivity contribution in [3.05, 3.63) is 46.5 Å². The first-order valence-electron chi connectivity index (χ1n) is 8.96. The molecule has 0 spiro atoms. The van der Waals surface area contributed by atoms with Gasteiger partial charge in [-0.3, -0.25) is 4.79 Å². The Bertz CT molecular complexity index is 907. The molecule has 30 heavy (non-hydrogen) atoms. The second-order valence-corrected chi connectivity index (χ2v) is 9.17. The lowest BCUT2D eigenvalue weighted by molar-refractivity contribution is -0.137. The van der Waals surface area contributed by atoms with Crippen LogP contribution in [0.4, 0.5) is 0 Å². The summed E-state index contributed by atoms with van der Waals surface area (Å²) in [5, 5.41) is 9.61. The highest BCUT2D eigenvalue weighted by Gasteiger charge is 2.44. The fraction of sp³-hybridized carbons (Fsp3) is 0.381. The molecule has 6 nitrogen and oxygen atoms in total. The molecular formula is C21H21Cl3O6. The van der Waals surface area contributed by atoms with Gasteiger partial charge in [-0.15, -0.1) is 0 Å². The Morgan fingerprint density at radius 2 is 1.13 bits per heavy atom. The van der Waals surface area contributed by atoms with Gasteiger partial charge in [0.1, 0.15) is 0 Å². The van der Waals surface area contributed by atoms with Gasteiger partial charge in [-0.05, 0) is 46.5 Å². The third-order valence-electron chi connectivity index (χ3n) is 5.26. The average Bonchev–Trinajstić information content (AvgIpc) is 2.70. The molecule has 0 radical (unpaired) electrons. The third-order valence-corrected chi connectivity index (χ3v) is 5.91. The lowest BCUT2D eigenvalue weighted by Crippen LogP contribution is -2.28. The Kier molecular flexibility index (Phi) is 6.51. The minimum atomic E-state index is -1.73. The number of halogens is 3. The molecule has 2 aromatic rings. The molecule has 0 fully saturated rings. The number of alkyl halides is 3. The van der Waals surface area contributed by atoms with Crippen molar-refractivity contribution in [2.75, 3.05) is 28.4 Å². The number of hydrogen-bond acceptors (Lipinski definition) is 5. The molecule has 0 aromatic heterocycles. The highest BCUT2D eigenvalue weighted by atomic mass is 35.6. The molecule has 0 aliphatic heterocycles. The number of benzene rings is 2. The van der Waals surface area contributed by atoms with Gasteiger partial charge >= 0.3 is 5.97 Å². The summed E-state index contributed by atoms with van der Waals surface area (Å²) < 4.78 is 20.0. The van der Waals surface area contributed by atoms with Gasteiger partial charge in [-0.2, -0.15) is 0 Å². The number of aliphatic carboxylic acids is 1. The van der Waals surface area contributed by atoms with Crippen LogP contribution in [-0.2, 0) is 4.79 Å². The molecule has 9 heteroatoms. The van der Waals surface area contributed by atoms with E-state index >= 15 is 0 Å². The van der Waals surface area contributed by atoms with E-state index in [1.54, 1.807) is 24.3 Å². The highest BCUT2D eigenvalue weighted by Crippen LogP contribution is 2.57. The zero-order chi connectivity index (χ0) is 22.2. The summed E-state index contributed by atoms with van der Waals surface area (Å²) in [4.78, 5) is 11.7. The number of fused-ring (bicyclic) bond motifs is 2. The molecular weight excluding hydrogens is 455 g/mol. The summed E-state index contributed by atoms with van der Waals surface area (Å²) in [7, 11) is 6.03. The maximum atomic E-state index is 11.7. The second-order valence-electron chi connectivity index (χ2n) is 6.80. The van der Waals surface area contributed by atoms with Crippen LogP contribution in [0.25, 0.3) is 0 Å². The molecule has 1 N–H and O–H groups in total. The first kappa shape index (κ1) is 22.7. The van der Waals surface area contributed by atoms with Crippen molar-refractivity contribution in [1.82, 2.24) is 0 Å². The van der Waals surface area contributed by atoms with Crippen molar-refractivity contribution in [1.29, 1.82) is 0 Å². The number of carboxylic acid groups (broad SMARTS) is 1. The monoisotopic (exact) mass is 474 g/mol. The maximum absolute atomic E-state index is 11.7. The second kappa shape index (κ2) is 8.61. The number of carboxylic acids is 1. The number of carbonyl (C=O) groups is 1. The van der Waals surface area contributed by atoms with Crippen LogP contribution in [0.1, 0.15) is 40.5 Å². The van der Waals surface area contributed by atoms with Gasteiger partial charge in [0, 0.05) is 5.92 Å². The Morgan fingerprint density at radius 3 is 1.40 bits per heavy atom. The zero-order valence-corrected chi connectivity index (χ0v) is 19.1. The Labute approximate surface area is 189 Å². The fourth-order valence-corrected chi connectivity index (χ4v) is 4.71. The van der Waals surface area contributed by atoms with E-state index in [4.69, 9.17) is 53.8 Å². The SMILES string of the molecule is COc1cc2c(cc1OC)C(C(Cl)(Cl)Cl)c1cc(OC)c(OC)cc1C2CC(=O)O. The van der Waals surface area contributed by atoms with Crippen LogP contribution in [0.3, 0.4) is 0 Å². The lowest BCUT2D eigenvalue weighted by atomic mass is 9.71. The predicted octanol–water partition coefficient (Wildman–Crippen LogP) is 5.14. The summed E-state index contributed by atoms with van der Waals surface area (Å²) in [5.41, 5.74) is 2.68. The quantitative estimate of drug-likeness (QED) is 0.583. The number of methoxy groups -OCH3 is 4. The van der Waals surface area contributed by atoms with E-state index in [1.807, 2.05) is 0 Å². The van der Waals surface area contributed by atoms with Crippen molar-refractivity contribution < 1.29 is 28.8 Å². The minimum absolute atomic E-state index is 0.169. The molecule has 3 rings (SSSR count). The van der Waals surface area contributed by atoms with E-state index in [9.17, 15) is 9.90 Å². The van der Waals surface area contributed by atoms with Crippen LogP contribution >= 0.6 is 34.8 Å². The minimum Gasteiger partial charge on any atom is -0.493 e. The molecule has 0 saturated heterocycles. The normalized spacial score (nSPS) is 17.6. The maximum Gasteiger partial charge on any atom is 0.304 e. The summed E-state index contributed by atoms with van der Waals surface area (Å²) in [6.45, 7) is 0. The van der Waals surface area contributed by atoms with E-state index in [1.165, 1.54) is 28.4 Å². The first-order valence-corrected chi connectivity index (χ1v) is 10.1. The van der Waals surface area contributed by atoms with E-state index in [-0.39, 0.29) is 6.42 Å². The summed E-state index contributed by atoms with van der Waals surface area (Å²) >= 11 is 19.3. The molecule has 0 saturated carbocycles. The average molecular weight is 476 g/mol. The third kappa shape index (κ3) is 3.96. The van der Waals surface area contributed by atoms with Crippen molar-refractivity contribution in [3.63, 3.8) is 0 Å². The topological polar surface area (TPSA) is 74.2 Å². The summed E-state index contributed by atoms with van der Waals surface area (Å²) in [5.74, 6) is -0.360. The number of rotatable bonds is 6. The Hall–Kier alpha value is -2.02. The van der Waals surface area contributed by atoms with Crippen LogP contribution in [0.15, 0.2) is 24.3 Å². The first-order chi connectivity index (χ1) is 14.2. The molecule has 1 aliphatic rings. The van der Waals surface area contributed by atoms with E-state index in [2.05, 4.69) is 0 Å². The molecule has 1 aliphatic carbocycles. The van der Waals surface area contributed by atoms with Gasteiger partial charge in [-0.1, -0.05) is 34.8 Å². The van der Waals surface area contributed by atoms with Gasteiger partial charge in [0.05, 0.1) is 40.8 Å². The van der Waals surface area contributed by atoms with E-state index in [0.29, 0.717) is 45.3 Å². The van der Waals surface area contributed by atoms with Crippen molar-refractivity contribution in [3.8, 4) is 23.0 Å². The van der Waals surface area contributed by atoms with E-state index < -0.39 is 21.6 Å². The van der Waals surface area contributed by atoms with Gasteiger partial charge in [0.2, 0.25) is 3.79 Å². The molecule has 0 unspecified atom stereocenters. The van der Waals surface area contributed by atoms with Crippen LogP contribution in [0.5, 0.6) is 23.0 Å². The van der Waals surface area contributed by atoms with Gasteiger partial charge in [0.15, 0.2) is 23.0 Å². The largest absolute Gasteiger partial charge is 0.493 e. The smallest absolute Gasteiger partial charge is 0.304 e. The summed E-state index contributed by atoms with van der Waals surface area (Å²) in [6, 6.07) is 6.94. The van der Waals surface area contributed by atoms with Crippen LogP contribution in [0.2, 0.25) is 0 Å². The number of ether oxygens (including phenoxy) is 4. The van der Waals surface area contributed by atoms with Crippen LogP contribution in [0, 0.1) is 0 Å².